The van der Waals surface area contributed by atoms with Gasteiger partial charge in [-0.3, -0.25) is 4.90 Å². The summed E-state index contributed by atoms with van der Waals surface area (Å²) in [6.45, 7) is 3.96. The lowest BCUT2D eigenvalue weighted by Gasteiger charge is -2.28. The largest absolute Gasteiger partial charge is 0.486 e. The second-order valence-electron chi connectivity index (χ2n) is 7.24. The Hall–Kier alpha value is -2.64. The van der Waals surface area contributed by atoms with E-state index in [1.807, 2.05) is 24.4 Å². The Labute approximate surface area is 178 Å². The predicted octanol–water partition coefficient (Wildman–Crippen LogP) is 4.31. The van der Waals surface area contributed by atoms with Gasteiger partial charge in [0, 0.05) is 54.0 Å². The Morgan fingerprint density at radius 3 is 2.72 bits per heavy atom. The average molecular weight is 453 g/mol. The van der Waals surface area contributed by atoms with Gasteiger partial charge in [-0.05, 0) is 29.8 Å². The monoisotopic (exact) mass is 452 g/mol. The van der Waals surface area contributed by atoms with Gasteiger partial charge in [-0.2, -0.15) is 0 Å². The molecule has 0 aliphatic carbocycles. The van der Waals surface area contributed by atoms with Crippen LogP contribution < -0.4 is 14.8 Å². The van der Waals surface area contributed by atoms with Crippen molar-refractivity contribution in [3.63, 3.8) is 0 Å². The molecule has 5 rings (SSSR count). The molecule has 6 nitrogen and oxygen atoms in total. The SMILES string of the molecule is Brc1ccc(CN2CCc3nc(Nc4ccc5c(c4)OCCO5)ncc3C2)cc1. The van der Waals surface area contributed by atoms with Crippen LogP contribution in [-0.4, -0.2) is 34.6 Å². The summed E-state index contributed by atoms with van der Waals surface area (Å²) in [6, 6.07) is 14.3. The van der Waals surface area contributed by atoms with Crippen molar-refractivity contribution in [1.82, 2.24) is 14.9 Å². The molecule has 29 heavy (non-hydrogen) atoms. The molecule has 0 radical (unpaired) electrons. The molecular weight excluding hydrogens is 432 g/mol. The highest BCUT2D eigenvalue weighted by atomic mass is 79.9. The maximum atomic E-state index is 5.65. The topological polar surface area (TPSA) is 59.5 Å². The number of fused-ring (bicyclic) bond motifs is 2. The van der Waals surface area contributed by atoms with Crippen molar-refractivity contribution in [2.75, 3.05) is 25.1 Å². The lowest BCUT2D eigenvalue weighted by molar-refractivity contribution is 0.171. The van der Waals surface area contributed by atoms with E-state index in [2.05, 4.69) is 55.4 Å². The zero-order chi connectivity index (χ0) is 19.6. The van der Waals surface area contributed by atoms with Gasteiger partial charge in [0.15, 0.2) is 11.5 Å². The van der Waals surface area contributed by atoms with Crippen molar-refractivity contribution in [2.45, 2.75) is 19.5 Å². The molecule has 0 bridgehead atoms. The van der Waals surface area contributed by atoms with Crippen LogP contribution in [0.4, 0.5) is 11.6 Å². The zero-order valence-electron chi connectivity index (χ0n) is 15.9. The molecule has 3 heterocycles. The molecule has 0 atom stereocenters. The van der Waals surface area contributed by atoms with Gasteiger partial charge in [-0.15, -0.1) is 0 Å². The predicted molar refractivity (Wildman–Crippen MR) is 115 cm³/mol. The molecule has 2 aliphatic rings. The van der Waals surface area contributed by atoms with Crippen LogP contribution >= 0.6 is 15.9 Å². The quantitative estimate of drug-likeness (QED) is 0.636. The summed E-state index contributed by atoms with van der Waals surface area (Å²) in [5, 5.41) is 3.28. The van der Waals surface area contributed by atoms with Crippen molar-refractivity contribution in [3.8, 4) is 11.5 Å². The van der Waals surface area contributed by atoms with Crippen LogP contribution in [0.5, 0.6) is 11.5 Å². The lowest BCUT2D eigenvalue weighted by Crippen LogP contribution is -2.31. The Kier molecular flexibility index (Phi) is 5.08. The first-order valence-electron chi connectivity index (χ1n) is 9.71. The normalized spacial score (nSPS) is 15.6. The Morgan fingerprint density at radius 1 is 1.03 bits per heavy atom. The van der Waals surface area contributed by atoms with E-state index in [1.54, 1.807) is 0 Å². The van der Waals surface area contributed by atoms with Crippen molar-refractivity contribution < 1.29 is 9.47 Å². The molecule has 0 amide bonds. The highest BCUT2D eigenvalue weighted by molar-refractivity contribution is 9.10. The van der Waals surface area contributed by atoms with E-state index in [1.165, 1.54) is 11.1 Å². The number of hydrogen-bond donors (Lipinski definition) is 1. The number of benzene rings is 2. The zero-order valence-corrected chi connectivity index (χ0v) is 17.5. The van der Waals surface area contributed by atoms with Gasteiger partial charge in [-0.25, -0.2) is 9.97 Å². The van der Waals surface area contributed by atoms with Crippen molar-refractivity contribution in [3.05, 3.63) is 70.0 Å². The van der Waals surface area contributed by atoms with Gasteiger partial charge in [0.05, 0.1) is 5.69 Å². The molecule has 7 heteroatoms. The van der Waals surface area contributed by atoms with E-state index in [-0.39, 0.29) is 0 Å². The van der Waals surface area contributed by atoms with E-state index in [0.717, 1.165) is 53.4 Å². The van der Waals surface area contributed by atoms with E-state index >= 15 is 0 Å². The lowest BCUT2D eigenvalue weighted by atomic mass is 10.1. The van der Waals surface area contributed by atoms with Crippen LogP contribution in [0.3, 0.4) is 0 Å². The molecule has 2 aromatic carbocycles. The number of anilines is 2. The van der Waals surface area contributed by atoms with Gasteiger partial charge in [-0.1, -0.05) is 28.1 Å². The molecule has 0 saturated heterocycles. The van der Waals surface area contributed by atoms with E-state index in [0.29, 0.717) is 19.2 Å². The average Bonchev–Trinajstić information content (AvgIpc) is 2.75. The highest BCUT2D eigenvalue weighted by Gasteiger charge is 2.19. The second kappa shape index (κ2) is 8.00. The fraction of sp³-hybridized carbons (Fsp3) is 0.273. The molecule has 3 aromatic rings. The number of ether oxygens (including phenoxy) is 2. The van der Waals surface area contributed by atoms with Crippen LogP contribution in [0.1, 0.15) is 16.8 Å². The minimum atomic E-state index is 0.572. The summed E-state index contributed by atoms with van der Waals surface area (Å²) >= 11 is 3.49. The third-order valence-corrected chi connectivity index (χ3v) is 5.66. The fourth-order valence-electron chi connectivity index (χ4n) is 3.67. The first kappa shape index (κ1) is 18.4. The van der Waals surface area contributed by atoms with Crippen LogP contribution in [0.15, 0.2) is 53.1 Å². The summed E-state index contributed by atoms with van der Waals surface area (Å²) in [4.78, 5) is 11.7. The van der Waals surface area contributed by atoms with Crippen molar-refractivity contribution >= 4 is 27.6 Å². The number of nitrogens with one attached hydrogen (secondary N) is 1. The van der Waals surface area contributed by atoms with E-state index in [9.17, 15) is 0 Å². The standard InChI is InChI=1S/C22H21BrN4O2/c23-17-3-1-15(2-4-17)13-27-8-7-19-16(14-27)12-24-22(26-19)25-18-5-6-20-21(11-18)29-10-9-28-20/h1-6,11-12H,7-10,13-14H2,(H,24,25,26). The smallest absolute Gasteiger partial charge is 0.227 e. The minimum absolute atomic E-state index is 0.572. The highest BCUT2D eigenvalue weighted by Crippen LogP contribution is 2.33. The van der Waals surface area contributed by atoms with E-state index < -0.39 is 0 Å². The maximum Gasteiger partial charge on any atom is 0.227 e. The van der Waals surface area contributed by atoms with Gasteiger partial charge < -0.3 is 14.8 Å². The first-order valence-corrected chi connectivity index (χ1v) is 10.5. The third kappa shape index (κ3) is 4.21. The fourth-order valence-corrected chi connectivity index (χ4v) is 3.93. The summed E-state index contributed by atoms with van der Waals surface area (Å²) in [5.41, 5.74) is 4.52. The summed E-state index contributed by atoms with van der Waals surface area (Å²) in [7, 11) is 0. The van der Waals surface area contributed by atoms with Crippen molar-refractivity contribution in [1.29, 1.82) is 0 Å². The number of halogens is 1. The summed E-state index contributed by atoms with van der Waals surface area (Å²) < 4.78 is 12.3. The number of aromatic nitrogens is 2. The number of rotatable bonds is 4. The Bertz CT molecular complexity index is 1030. The second-order valence-corrected chi connectivity index (χ2v) is 8.15. The molecular formula is C22H21BrN4O2. The molecule has 1 N–H and O–H groups in total. The third-order valence-electron chi connectivity index (χ3n) is 5.13. The van der Waals surface area contributed by atoms with Gasteiger partial charge in [0.1, 0.15) is 13.2 Å². The van der Waals surface area contributed by atoms with Gasteiger partial charge in [0.2, 0.25) is 5.95 Å². The summed E-state index contributed by atoms with van der Waals surface area (Å²) in [6.07, 6.45) is 2.86. The van der Waals surface area contributed by atoms with Crippen LogP contribution in [-0.2, 0) is 19.5 Å². The van der Waals surface area contributed by atoms with Crippen LogP contribution in [0.2, 0.25) is 0 Å². The molecule has 0 unspecified atom stereocenters. The van der Waals surface area contributed by atoms with Crippen molar-refractivity contribution in [2.24, 2.45) is 0 Å². The molecule has 0 spiro atoms. The maximum absolute atomic E-state index is 5.65. The molecule has 148 valence electrons. The molecule has 0 saturated carbocycles. The van der Waals surface area contributed by atoms with Gasteiger partial charge >= 0.3 is 0 Å². The Morgan fingerprint density at radius 2 is 1.86 bits per heavy atom. The molecule has 1 aromatic heterocycles. The molecule has 0 fully saturated rings. The van der Waals surface area contributed by atoms with Crippen LogP contribution in [0.25, 0.3) is 0 Å². The first-order chi connectivity index (χ1) is 14.2. The Balaban J connectivity index is 1.27. The minimum Gasteiger partial charge on any atom is -0.486 e. The number of nitrogens with zero attached hydrogens (tertiary/aromatic N) is 3. The number of hydrogen-bond acceptors (Lipinski definition) is 6. The van der Waals surface area contributed by atoms with Gasteiger partial charge in [0.25, 0.3) is 0 Å². The van der Waals surface area contributed by atoms with Crippen LogP contribution in [0, 0.1) is 0 Å². The molecule has 2 aliphatic heterocycles. The summed E-state index contributed by atoms with van der Waals surface area (Å²) in [5.74, 6) is 2.14. The van der Waals surface area contributed by atoms with E-state index in [4.69, 9.17) is 14.5 Å².